The smallest absolute Gasteiger partial charge is 0.194 e. The van der Waals surface area contributed by atoms with Crippen LogP contribution >= 0.6 is 35.6 Å². The van der Waals surface area contributed by atoms with Crippen molar-refractivity contribution in [2.24, 2.45) is 4.99 Å². The molecule has 0 atom stereocenters. The first-order chi connectivity index (χ1) is 15.2. The topological polar surface area (TPSA) is 56.2 Å². The van der Waals surface area contributed by atoms with E-state index in [1.165, 1.54) is 5.69 Å². The van der Waals surface area contributed by atoms with Gasteiger partial charge < -0.3 is 24.8 Å². The van der Waals surface area contributed by atoms with Crippen molar-refractivity contribution < 1.29 is 4.74 Å². The number of ether oxygens (including phenoxy) is 1. The van der Waals surface area contributed by atoms with Crippen molar-refractivity contribution >= 4 is 53.0 Å². The van der Waals surface area contributed by atoms with Crippen LogP contribution in [0, 0.1) is 0 Å². The lowest BCUT2D eigenvalue weighted by molar-refractivity contribution is 0.122. The highest BCUT2D eigenvalue weighted by atomic mass is 127. The second kappa shape index (κ2) is 12.5. The van der Waals surface area contributed by atoms with Gasteiger partial charge in [-0.15, -0.1) is 24.0 Å². The number of piperazine rings is 1. The molecule has 0 aliphatic carbocycles. The van der Waals surface area contributed by atoms with Crippen LogP contribution in [0.2, 0.25) is 5.02 Å². The van der Waals surface area contributed by atoms with Crippen molar-refractivity contribution in [1.82, 2.24) is 15.2 Å². The molecule has 2 aromatic rings. The predicted molar refractivity (Wildman–Crippen MR) is 143 cm³/mol. The lowest BCUT2D eigenvalue weighted by atomic mass is 10.2. The summed E-state index contributed by atoms with van der Waals surface area (Å²) in [6.07, 6.45) is 1.86. The van der Waals surface area contributed by atoms with Gasteiger partial charge in [0.15, 0.2) is 5.96 Å². The summed E-state index contributed by atoms with van der Waals surface area (Å²) in [6, 6.07) is 12.2. The largest absolute Gasteiger partial charge is 0.378 e. The molecule has 0 spiro atoms. The number of rotatable bonds is 5. The Labute approximate surface area is 212 Å². The molecule has 0 amide bonds. The minimum Gasteiger partial charge on any atom is -0.378 e. The molecule has 9 heteroatoms. The number of hydrogen-bond donors (Lipinski definition) is 1. The van der Waals surface area contributed by atoms with E-state index in [0.29, 0.717) is 6.54 Å². The van der Waals surface area contributed by atoms with Gasteiger partial charge in [0.2, 0.25) is 0 Å². The zero-order valence-corrected chi connectivity index (χ0v) is 21.6. The van der Waals surface area contributed by atoms with Crippen LogP contribution in [0.4, 0.5) is 11.5 Å². The number of nitrogens with zero attached hydrogens (tertiary/aromatic N) is 5. The summed E-state index contributed by atoms with van der Waals surface area (Å²) in [4.78, 5) is 16.6. The summed E-state index contributed by atoms with van der Waals surface area (Å²) in [5, 5.41) is 4.25. The van der Waals surface area contributed by atoms with Gasteiger partial charge >= 0.3 is 0 Å². The summed E-state index contributed by atoms with van der Waals surface area (Å²) in [6.45, 7) is 10.5. The van der Waals surface area contributed by atoms with E-state index in [2.05, 4.69) is 44.1 Å². The van der Waals surface area contributed by atoms with Crippen LogP contribution in [0.5, 0.6) is 0 Å². The summed E-state index contributed by atoms with van der Waals surface area (Å²) in [7, 11) is 0. The van der Waals surface area contributed by atoms with E-state index >= 15 is 0 Å². The van der Waals surface area contributed by atoms with Gasteiger partial charge in [-0.2, -0.15) is 0 Å². The molecule has 0 saturated carbocycles. The van der Waals surface area contributed by atoms with E-state index in [4.69, 9.17) is 21.3 Å². The van der Waals surface area contributed by atoms with E-state index < -0.39 is 0 Å². The molecular weight excluding hydrogens is 539 g/mol. The highest BCUT2D eigenvalue weighted by Crippen LogP contribution is 2.22. The maximum atomic E-state index is 6.17. The van der Waals surface area contributed by atoms with Crippen molar-refractivity contribution in [1.29, 1.82) is 0 Å². The normalized spacial score (nSPS) is 17.2. The molecule has 1 N–H and O–H groups in total. The Kier molecular flexibility index (Phi) is 9.68. The zero-order chi connectivity index (χ0) is 21.5. The third kappa shape index (κ3) is 6.39. The molecule has 2 fully saturated rings. The fraction of sp³-hybridized carbons (Fsp3) is 0.478. The minimum absolute atomic E-state index is 0. The first-order valence-corrected chi connectivity index (χ1v) is 11.4. The summed E-state index contributed by atoms with van der Waals surface area (Å²) >= 11 is 6.17. The molecule has 3 heterocycles. The number of benzene rings is 1. The number of halogens is 2. The van der Waals surface area contributed by atoms with Crippen LogP contribution in [-0.4, -0.2) is 74.9 Å². The Balaban J connectivity index is 0.00000289. The van der Waals surface area contributed by atoms with E-state index in [0.717, 1.165) is 81.4 Å². The SMILES string of the molecule is CCNC(=NCc1cccnc1N1CCOCC1)N1CCN(c2cccc(Cl)c2)CC1.I. The van der Waals surface area contributed by atoms with Crippen molar-refractivity contribution in [2.75, 3.05) is 68.8 Å². The molecule has 0 bridgehead atoms. The fourth-order valence-electron chi connectivity index (χ4n) is 4.05. The lowest BCUT2D eigenvalue weighted by Gasteiger charge is -2.37. The van der Waals surface area contributed by atoms with Gasteiger partial charge in [-0.25, -0.2) is 9.98 Å². The van der Waals surface area contributed by atoms with Crippen molar-refractivity contribution in [3.8, 4) is 0 Å². The second-order valence-electron chi connectivity index (χ2n) is 7.71. The number of aliphatic imine (C=N–C) groups is 1. The monoisotopic (exact) mass is 570 g/mol. The Morgan fingerprint density at radius 2 is 1.84 bits per heavy atom. The fourth-order valence-corrected chi connectivity index (χ4v) is 4.23. The molecule has 7 nitrogen and oxygen atoms in total. The van der Waals surface area contributed by atoms with Crippen LogP contribution in [0.1, 0.15) is 12.5 Å². The second-order valence-corrected chi connectivity index (χ2v) is 8.15. The number of hydrogen-bond acceptors (Lipinski definition) is 5. The number of nitrogens with one attached hydrogen (secondary N) is 1. The van der Waals surface area contributed by atoms with Gasteiger partial charge in [-0.1, -0.05) is 23.7 Å². The maximum Gasteiger partial charge on any atom is 0.194 e. The van der Waals surface area contributed by atoms with Crippen LogP contribution in [0.25, 0.3) is 0 Å². The summed E-state index contributed by atoms with van der Waals surface area (Å²) in [5.74, 6) is 1.99. The van der Waals surface area contributed by atoms with Crippen LogP contribution in [0.3, 0.4) is 0 Å². The van der Waals surface area contributed by atoms with E-state index in [-0.39, 0.29) is 24.0 Å². The summed E-state index contributed by atoms with van der Waals surface area (Å²) in [5.41, 5.74) is 2.33. The number of guanidine groups is 1. The average Bonchev–Trinajstić information content (AvgIpc) is 2.83. The minimum atomic E-state index is 0. The van der Waals surface area contributed by atoms with Gasteiger partial charge in [0, 0.05) is 68.3 Å². The first-order valence-electron chi connectivity index (χ1n) is 11.0. The average molecular weight is 571 g/mol. The van der Waals surface area contributed by atoms with Gasteiger partial charge in [0.05, 0.1) is 19.8 Å². The van der Waals surface area contributed by atoms with Gasteiger partial charge in [0.1, 0.15) is 5.82 Å². The molecule has 2 saturated heterocycles. The number of aromatic nitrogens is 1. The molecule has 0 unspecified atom stereocenters. The molecule has 1 aromatic carbocycles. The predicted octanol–water partition coefficient (Wildman–Crippen LogP) is 3.48. The van der Waals surface area contributed by atoms with Crippen molar-refractivity contribution in [2.45, 2.75) is 13.5 Å². The van der Waals surface area contributed by atoms with E-state index in [9.17, 15) is 0 Å². The van der Waals surface area contributed by atoms with Crippen molar-refractivity contribution in [3.63, 3.8) is 0 Å². The quantitative estimate of drug-likeness (QED) is 0.338. The highest BCUT2D eigenvalue weighted by molar-refractivity contribution is 14.0. The number of anilines is 2. The molecule has 0 radical (unpaired) electrons. The number of pyridine rings is 1. The Morgan fingerprint density at radius 3 is 2.56 bits per heavy atom. The van der Waals surface area contributed by atoms with E-state index in [1.807, 2.05) is 30.5 Å². The molecule has 4 rings (SSSR count). The van der Waals surface area contributed by atoms with E-state index in [1.54, 1.807) is 0 Å². The molecule has 174 valence electrons. The standard InChI is InChI=1S/C23H31ClN6O.HI/c1-2-25-23(30-11-9-28(10-12-30)21-7-3-6-20(24)17-21)27-18-19-5-4-8-26-22(19)29-13-15-31-16-14-29;/h3-8,17H,2,9-16,18H2,1H3,(H,25,27);1H. The van der Waals surface area contributed by atoms with Crippen LogP contribution in [-0.2, 0) is 11.3 Å². The Hall–Kier alpha value is -1.78. The maximum absolute atomic E-state index is 6.17. The van der Waals surface area contributed by atoms with Gasteiger partial charge in [-0.05, 0) is 31.2 Å². The third-order valence-corrected chi connectivity index (χ3v) is 5.90. The Morgan fingerprint density at radius 1 is 1.06 bits per heavy atom. The molecule has 32 heavy (non-hydrogen) atoms. The Bertz CT molecular complexity index is 884. The van der Waals surface area contributed by atoms with Gasteiger partial charge in [0.25, 0.3) is 0 Å². The van der Waals surface area contributed by atoms with Gasteiger partial charge in [-0.3, -0.25) is 0 Å². The van der Waals surface area contributed by atoms with Crippen LogP contribution < -0.4 is 15.1 Å². The third-order valence-electron chi connectivity index (χ3n) is 5.66. The molecule has 2 aliphatic rings. The van der Waals surface area contributed by atoms with Crippen LogP contribution in [0.15, 0.2) is 47.6 Å². The summed E-state index contributed by atoms with van der Waals surface area (Å²) < 4.78 is 5.49. The highest BCUT2D eigenvalue weighted by Gasteiger charge is 2.21. The molecular formula is C23H32ClIN6O. The zero-order valence-electron chi connectivity index (χ0n) is 18.5. The molecule has 1 aromatic heterocycles. The number of morpholine rings is 1. The lowest BCUT2D eigenvalue weighted by Crippen LogP contribution is -2.52. The van der Waals surface area contributed by atoms with Crippen molar-refractivity contribution in [3.05, 3.63) is 53.2 Å². The molecule has 2 aliphatic heterocycles. The first kappa shape index (κ1) is 24.9.